The van der Waals surface area contributed by atoms with Gasteiger partial charge in [0.25, 0.3) is 0 Å². The molecule has 1 atom stereocenters. The molecule has 0 spiro atoms. The van der Waals surface area contributed by atoms with Crippen LogP contribution >= 0.6 is 0 Å². The SMILES string of the molecule is CCNC(=O)[C@H](C)N(Cc1ccc(C)cc1)C(=O)CN(c1ccc(F)c(F)c1)S(C)(=O)=O. The maximum atomic E-state index is 13.7. The minimum absolute atomic E-state index is 0.0623. The zero-order valence-electron chi connectivity index (χ0n) is 18.4. The highest BCUT2D eigenvalue weighted by atomic mass is 32.2. The molecule has 174 valence electrons. The van der Waals surface area contributed by atoms with Gasteiger partial charge in [0, 0.05) is 19.2 Å². The highest BCUT2D eigenvalue weighted by Gasteiger charge is 2.30. The van der Waals surface area contributed by atoms with Crippen molar-refractivity contribution in [3.63, 3.8) is 0 Å². The molecule has 7 nitrogen and oxygen atoms in total. The molecule has 2 rings (SSSR count). The monoisotopic (exact) mass is 467 g/mol. The van der Waals surface area contributed by atoms with Crippen LogP contribution in [0.25, 0.3) is 0 Å². The lowest BCUT2D eigenvalue weighted by Crippen LogP contribution is -2.51. The average molecular weight is 468 g/mol. The molecule has 32 heavy (non-hydrogen) atoms. The lowest BCUT2D eigenvalue weighted by molar-refractivity contribution is -0.139. The van der Waals surface area contributed by atoms with E-state index in [2.05, 4.69) is 5.32 Å². The quantitative estimate of drug-likeness (QED) is 0.614. The Kier molecular flexibility index (Phi) is 8.31. The molecule has 2 aromatic carbocycles. The van der Waals surface area contributed by atoms with Crippen molar-refractivity contribution in [3.05, 3.63) is 65.2 Å². The van der Waals surface area contributed by atoms with E-state index in [0.29, 0.717) is 16.9 Å². The summed E-state index contributed by atoms with van der Waals surface area (Å²) >= 11 is 0. The predicted molar refractivity (Wildman–Crippen MR) is 118 cm³/mol. The number of benzene rings is 2. The molecule has 1 N–H and O–H groups in total. The summed E-state index contributed by atoms with van der Waals surface area (Å²) in [5.41, 5.74) is 1.57. The first-order valence-corrected chi connectivity index (χ1v) is 11.8. The number of halogens is 2. The lowest BCUT2D eigenvalue weighted by Gasteiger charge is -2.31. The summed E-state index contributed by atoms with van der Waals surface area (Å²) in [6.45, 7) is 4.94. The number of sulfonamides is 1. The van der Waals surface area contributed by atoms with Gasteiger partial charge < -0.3 is 10.2 Å². The molecule has 2 aromatic rings. The number of hydrogen-bond donors (Lipinski definition) is 1. The fourth-order valence-corrected chi connectivity index (χ4v) is 3.89. The van der Waals surface area contributed by atoms with Crippen LogP contribution in [-0.4, -0.2) is 50.5 Å². The van der Waals surface area contributed by atoms with Crippen LogP contribution in [0.15, 0.2) is 42.5 Å². The van der Waals surface area contributed by atoms with Crippen molar-refractivity contribution in [3.8, 4) is 0 Å². The molecule has 0 bridgehead atoms. The van der Waals surface area contributed by atoms with Crippen molar-refractivity contribution in [2.24, 2.45) is 0 Å². The van der Waals surface area contributed by atoms with Gasteiger partial charge >= 0.3 is 0 Å². The Bertz CT molecular complexity index is 1080. The Hall–Kier alpha value is -3.01. The number of carbonyl (C=O) groups is 2. The van der Waals surface area contributed by atoms with Gasteiger partial charge in [-0.1, -0.05) is 29.8 Å². The van der Waals surface area contributed by atoms with E-state index in [0.717, 1.165) is 29.5 Å². The molecule has 0 unspecified atom stereocenters. The smallest absolute Gasteiger partial charge is 0.244 e. The zero-order chi connectivity index (χ0) is 24.1. The number of amides is 2. The van der Waals surface area contributed by atoms with Crippen LogP contribution in [0, 0.1) is 18.6 Å². The third kappa shape index (κ3) is 6.49. The minimum Gasteiger partial charge on any atom is -0.355 e. The summed E-state index contributed by atoms with van der Waals surface area (Å²) in [7, 11) is -4.01. The van der Waals surface area contributed by atoms with Crippen LogP contribution in [0.2, 0.25) is 0 Å². The van der Waals surface area contributed by atoms with Crippen molar-refractivity contribution < 1.29 is 26.8 Å². The summed E-state index contributed by atoms with van der Waals surface area (Å²) in [5, 5.41) is 2.65. The largest absolute Gasteiger partial charge is 0.355 e. The summed E-state index contributed by atoms with van der Waals surface area (Å²) in [4.78, 5) is 26.9. The van der Waals surface area contributed by atoms with Crippen molar-refractivity contribution in [1.29, 1.82) is 0 Å². The predicted octanol–water partition coefficient (Wildman–Crippen LogP) is 2.59. The first kappa shape index (κ1) is 25.3. The Morgan fingerprint density at radius 3 is 2.22 bits per heavy atom. The first-order valence-electron chi connectivity index (χ1n) is 9.99. The summed E-state index contributed by atoms with van der Waals surface area (Å²) in [6.07, 6.45) is 0.860. The lowest BCUT2D eigenvalue weighted by atomic mass is 10.1. The molecule has 0 aromatic heterocycles. The molecule has 0 aliphatic rings. The fraction of sp³-hybridized carbons (Fsp3) is 0.364. The summed E-state index contributed by atoms with van der Waals surface area (Å²) in [6, 6.07) is 9.01. The van der Waals surface area contributed by atoms with Gasteiger partial charge in [-0.25, -0.2) is 17.2 Å². The summed E-state index contributed by atoms with van der Waals surface area (Å²) < 4.78 is 52.4. The van der Waals surface area contributed by atoms with E-state index in [4.69, 9.17) is 0 Å². The number of rotatable bonds is 9. The van der Waals surface area contributed by atoms with Crippen molar-refractivity contribution in [2.45, 2.75) is 33.4 Å². The topological polar surface area (TPSA) is 86.8 Å². The van der Waals surface area contributed by atoms with Crippen molar-refractivity contribution >= 4 is 27.5 Å². The van der Waals surface area contributed by atoms with Gasteiger partial charge in [-0.05, 0) is 38.5 Å². The van der Waals surface area contributed by atoms with Crippen LogP contribution in [0.5, 0.6) is 0 Å². The van der Waals surface area contributed by atoms with Crippen molar-refractivity contribution in [2.75, 3.05) is 23.7 Å². The van der Waals surface area contributed by atoms with E-state index in [1.165, 1.54) is 4.90 Å². The van der Waals surface area contributed by atoms with Gasteiger partial charge in [-0.15, -0.1) is 0 Å². The molecule has 0 aliphatic heterocycles. The second-order valence-electron chi connectivity index (χ2n) is 7.45. The number of nitrogens with one attached hydrogen (secondary N) is 1. The molecule has 0 radical (unpaired) electrons. The van der Waals surface area contributed by atoms with E-state index < -0.39 is 46.1 Å². The zero-order valence-corrected chi connectivity index (χ0v) is 19.2. The number of carbonyl (C=O) groups excluding carboxylic acids is 2. The molecular weight excluding hydrogens is 440 g/mol. The van der Waals surface area contributed by atoms with E-state index >= 15 is 0 Å². The van der Waals surface area contributed by atoms with Gasteiger partial charge in [0.1, 0.15) is 12.6 Å². The molecule has 0 aliphatic carbocycles. The fourth-order valence-electron chi connectivity index (χ4n) is 3.05. The first-order chi connectivity index (χ1) is 14.9. The summed E-state index contributed by atoms with van der Waals surface area (Å²) in [5.74, 6) is -3.44. The third-order valence-corrected chi connectivity index (χ3v) is 6.00. The second kappa shape index (κ2) is 10.5. The van der Waals surface area contributed by atoms with Gasteiger partial charge in [0.05, 0.1) is 11.9 Å². The Morgan fingerprint density at radius 2 is 1.69 bits per heavy atom. The van der Waals surface area contributed by atoms with Crippen LogP contribution in [0.4, 0.5) is 14.5 Å². The van der Waals surface area contributed by atoms with Crippen LogP contribution < -0.4 is 9.62 Å². The third-order valence-electron chi connectivity index (χ3n) is 4.86. The van der Waals surface area contributed by atoms with E-state index in [9.17, 15) is 26.8 Å². The van der Waals surface area contributed by atoms with Crippen LogP contribution in [0.3, 0.4) is 0 Å². The number of aryl methyl sites for hydroxylation is 1. The maximum Gasteiger partial charge on any atom is 0.244 e. The molecule has 0 fully saturated rings. The number of anilines is 1. The number of hydrogen-bond acceptors (Lipinski definition) is 4. The standard InChI is InChI=1S/C22H27F2N3O4S/c1-5-25-22(29)16(3)26(13-17-8-6-15(2)7-9-17)21(28)14-27(32(4,30)31)18-10-11-19(23)20(24)12-18/h6-12,16H,5,13-14H2,1-4H3,(H,25,29)/t16-/m0/s1. The van der Waals surface area contributed by atoms with Gasteiger partial charge in [-0.2, -0.15) is 0 Å². The minimum atomic E-state index is -4.01. The van der Waals surface area contributed by atoms with Gasteiger partial charge in [0.15, 0.2) is 11.6 Å². The molecular formula is C22H27F2N3O4S. The normalized spacial score (nSPS) is 12.2. The molecule has 0 saturated heterocycles. The number of nitrogens with zero attached hydrogens (tertiary/aromatic N) is 2. The number of likely N-dealkylation sites (N-methyl/N-ethyl adjacent to an activating group) is 1. The molecule has 0 saturated carbocycles. The Labute approximate surface area is 187 Å². The van der Waals surface area contributed by atoms with E-state index in [1.807, 2.05) is 31.2 Å². The van der Waals surface area contributed by atoms with Gasteiger partial charge in [-0.3, -0.25) is 13.9 Å². The molecule has 2 amide bonds. The van der Waals surface area contributed by atoms with Crippen LogP contribution in [0.1, 0.15) is 25.0 Å². The van der Waals surface area contributed by atoms with E-state index in [1.54, 1.807) is 13.8 Å². The highest BCUT2D eigenvalue weighted by Crippen LogP contribution is 2.21. The highest BCUT2D eigenvalue weighted by molar-refractivity contribution is 7.92. The maximum absolute atomic E-state index is 13.7. The van der Waals surface area contributed by atoms with Crippen LogP contribution in [-0.2, 0) is 26.2 Å². The van der Waals surface area contributed by atoms with E-state index in [-0.39, 0.29) is 12.2 Å². The van der Waals surface area contributed by atoms with Crippen molar-refractivity contribution in [1.82, 2.24) is 10.2 Å². The Balaban J connectivity index is 2.39. The Morgan fingerprint density at radius 1 is 1.06 bits per heavy atom. The second-order valence-corrected chi connectivity index (χ2v) is 9.35. The average Bonchev–Trinajstić information content (AvgIpc) is 2.72. The van der Waals surface area contributed by atoms with Gasteiger partial charge in [0.2, 0.25) is 21.8 Å². The molecule has 10 heteroatoms. The molecule has 0 heterocycles.